The van der Waals surface area contributed by atoms with E-state index in [1.807, 2.05) is 6.07 Å². The van der Waals surface area contributed by atoms with Gasteiger partial charge in [-0.3, -0.25) is 0 Å². The highest BCUT2D eigenvalue weighted by atomic mass is 35.5. The number of ether oxygens (including phenoxy) is 1. The summed E-state index contributed by atoms with van der Waals surface area (Å²) in [6.07, 6.45) is 0. The molecule has 0 aliphatic heterocycles. The number of rotatable bonds is 7. The molecule has 0 saturated carbocycles. The summed E-state index contributed by atoms with van der Waals surface area (Å²) in [6.45, 7) is 0.610. The summed E-state index contributed by atoms with van der Waals surface area (Å²) in [5.74, 6) is 0.714. The third-order valence-corrected chi connectivity index (χ3v) is 4.97. The number of hydrogen-bond acceptors (Lipinski definition) is 4. The number of benzene rings is 2. The number of thiocarbonyl (C=S) groups is 1. The molecule has 0 atom stereocenters. The van der Waals surface area contributed by atoms with Crippen molar-refractivity contribution < 1.29 is 13.9 Å². The molecule has 0 saturated heterocycles. The average Bonchev–Trinajstić information content (AvgIpc) is 2.64. The molecule has 2 N–H and O–H groups in total. The van der Waals surface area contributed by atoms with Crippen LogP contribution in [0.1, 0.15) is 15.9 Å². The van der Waals surface area contributed by atoms with Crippen molar-refractivity contribution in [2.75, 3.05) is 24.7 Å². The van der Waals surface area contributed by atoms with E-state index >= 15 is 0 Å². The Balaban J connectivity index is 1.77. The highest BCUT2D eigenvalue weighted by Gasteiger charge is 2.10. The SMILES string of the molecule is COC(=O)c1ccc(Cl)c(NC(=S)NCCSCc2ccccc2F)c1. The van der Waals surface area contributed by atoms with E-state index < -0.39 is 5.97 Å². The van der Waals surface area contributed by atoms with Gasteiger partial charge in [0.2, 0.25) is 0 Å². The lowest BCUT2D eigenvalue weighted by atomic mass is 10.2. The number of halogens is 2. The maximum absolute atomic E-state index is 13.5. The average molecular weight is 413 g/mol. The predicted molar refractivity (Wildman–Crippen MR) is 110 cm³/mol. The van der Waals surface area contributed by atoms with Crippen molar-refractivity contribution in [1.82, 2.24) is 5.32 Å². The number of esters is 1. The molecular weight excluding hydrogens is 395 g/mol. The Morgan fingerprint density at radius 3 is 2.81 bits per heavy atom. The van der Waals surface area contributed by atoms with E-state index in [2.05, 4.69) is 15.4 Å². The largest absolute Gasteiger partial charge is 0.465 e. The molecule has 26 heavy (non-hydrogen) atoms. The Labute approximate surface area is 166 Å². The van der Waals surface area contributed by atoms with Crippen LogP contribution in [0.4, 0.5) is 10.1 Å². The van der Waals surface area contributed by atoms with Gasteiger partial charge >= 0.3 is 5.97 Å². The van der Waals surface area contributed by atoms with Crippen LogP contribution in [0, 0.1) is 5.82 Å². The van der Waals surface area contributed by atoms with Crippen LogP contribution in [0.3, 0.4) is 0 Å². The Kier molecular flexibility index (Phi) is 8.15. The summed E-state index contributed by atoms with van der Waals surface area (Å²) >= 11 is 12.9. The van der Waals surface area contributed by atoms with Crippen molar-refractivity contribution in [2.24, 2.45) is 0 Å². The molecule has 0 spiro atoms. The minimum absolute atomic E-state index is 0.190. The zero-order valence-electron chi connectivity index (χ0n) is 14.1. The van der Waals surface area contributed by atoms with Crippen molar-refractivity contribution in [3.8, 4) is 0 Å². The van der Waals surface area contributed by atoms with Crippen molar-refractivity contribution >= 4 is 52.3 Å². The summed E-state index contributed by atoms with van der Waals surface area (Å²) in [7, 11) is 1.31. The van der Waals surface area contributed by atoms with E-state index in [0.717, 1.165) is 5.75 Å². The van der Waals surface area contributed by atoms with E-state index in [4.69, 9.17) is 23.8 Å². The second-order valence-corrected chi connectivity index (χ2v) is 7.13. The smallest absolute Gasteiger partial charge is 0.337 e. The number of thioether (sulfide) groups is 1. The van der Waals surface area contributed by atoms with Crippen LogP contribution >= 0.6 is 35.6 Å². The van der Waals surface area contributed by atoms with Gasteiger partial charge in [0.15, 0.2) is 5.11 Å². The second kappa shape index (κ2) is 10.4. The molecule has 0 fully saturated rings. The lowest BCUT2D eigenvalue weighted by Gasteiger charge is -2.12. The molecule has 0 unspecified atom stereocenters. The third kappa shape index (κ3) is 6.16. The van der Waals surface area contributed by atoms with E-state index in [9.17, 15) is 9.18 Å². The van der Waals surface area contributed by atoms with Crippen LogP contribution in [0.5, 0.6) is 0 Å². The van der Waals surface area contributed by atoms with Crippen LogP contribution < -0.4 is 10.6 Å². The Morgan fingerprint density at radius 1 is 1.31 bits per heavy atom. The topological polar surface area (TPSA) is 50.4 Å². The lowest BCUT2D eigenvalue weighted by Crippen LogP contribution is -2.30. The van der Waals surface area contributed by atoms with Gasteiger partial charge in [0.1, 0.15) is 5.82 Å². The quantitative estimate of drug-likeness (QED) is 0.397. The van der Waals surface area contributed by atoms with Crippen LogP contribution in [-0.4, -0.2) is 30.5 Å². The van der Waals surface area contributed by atoms with E-state index in [1.54, 1.807) is 42.1 Å². The molecular formula is C18H18ClFN2O2S2. The standard InChI is InChI=1S/C18H18ClFN2O2S2/c1-24-17(23)12-6-7-14(19)16(10-12)22-18(25)21-8-9-26-11-13-4-2-3-5-15(13)20/h2-7,10H,8-9,11H2,1H3,(H2,21,22,25). The summed E-state index contributed by atoms with van der Waals surface area (Å²) in [6, 6.07) is 11.5. The molecule has 0 aromatic heterocycles. The van der Waals surface area contributed by atoms with Gasteiger partial charge in [-0.2, -0.15) is 11.8 Å². The summed E-state index contributed by atoms with van der Waals surface area (Å²) in [5.41, 5.74) is 1.58. The molecule has 0 radical (unpaired) electrons. The summed E-state index contributed by atoms with van der Waals surface area (Å²) < 4.78 is 18.2. The fourth-order valence-corrected chi connectivity index (χ4v) is 3.29. The molecule has 0 heterocycles. The first-order valence-corrected chi connectivity index (χ1v) is 9.69. The van der Waals surface area contributed by atoms with Crippen molar-refractivity contribution in [3.05, 3.63) is 64.4 Å². The number of carbonyl (C=O) groups is 1. The molecule has 2 rings (SSSR count). The van der Waals surface area contributed by atoms with Gasteiger partial charge in [-0.25, -0.2) is 9.18 Å². The number of hydrogen-bond donors (Lipinski definition) is 2. The van der Waals surface area contributed by atoms with Crippen LogP contribution in [0.25, 0.3) is 0 Å². The molecule has 0 aliphatic carbocycles. The highest BCUT2D eigenvalue weighted by molar-refractivity contribution is 7.98. The Hall–Kier alpha value is -1.83. The molecule has 0 bridgehead atoms. The first kappa shape index (κ1) is 20.5. The van der Waals surface area contributed by atoms with Gasteiger partial charge < -0.3 is 15.4 Å². The van der Waals surface area contributed by atoms with E-state index in [-0.39, 0.29) is 5.82 Å². The van der Waals surface area contributed by atoms with Gasteiger partial charge in [0.05, 0.1) is 23.4 Å². The van der Waals surface area contributed by atoms with Gasteiger partial charge in [-0.05, 0) is 42.0 Å². The minimum atomic E-state index is -0.451. The van der Waals surface area contributed by atoms with E-state index in [0.29, 0.717) is 39.2 Å². The van der Waals surface area contributed by atoms with Gasteiger partial charge in [0.25, 0.3) is 0 Å². The Morgan fingerprint density at radius 2 is 2.08 bits per heavy atom. The van der Waals surface area contributed by atoms with Crippen molar-refractivity contribution in [2.45, 2.75) is 5.75 Å². The molecule has 8 heteroatoms. The normalized spacial score (nSPS) is 10.3. The summed E-state index contributed by atoms with van der Waals surface area (Å²) in [5, 5.41) is 6.84. The van der Waals surface area contributed by atoms with Crippen LogP contribution in [-0.2, 0) is 10.5 Å². The van der Waals surface area contributed by atoms with Crippen LogP contribution in [0.2, 0.25) is 5.02 Å². The van der Waals surface area contributed by atoms with Crippen LogP contribution in [0.15, 0.2) is 42.5 Å². The molecule has 4 nitrogen and oxygen atoms in total. The molecule has 2 aromatic rings. The highest BCUT2D eigenvalue weighted by Crippen LogP contribution is 2.23. The van der Waals surface area contributed by atoms with E-state index in [1.165, 1.54) is 13.2 Å². The molecule has 138 valence electrons. The maximum atomic E-state index is 13.5. The first-order valence-electron chi connectivity index (χ1n) is 7.75. The monoisotopic (exact) mass is 412 g/mol. The minimum Gasteiger partial charge on any atom is -0.465 e. The van der Waals surface area contributed by atoms with Crippen molar-refractivity contribution in [1.29, 1.82) is 0 Å². The molecule has 0 amide bonds. The number of nitrogens with one attached hydrogen (secondary N) is 2. The van der Waals surface area contributed by atoms with Gasteiger partial charge in [0, 0.05) is 18.1 Å². The molecule has 2 aromatic carbocycles. The Bertz CT molecular complexity index is 790. The zero-order valence-corrected chi connectivity index (χ0v) is 16.4. The number of anilines is 1. The first-order chi connectivity index (χ1) is 12.5. The predicted octanol–water partition coefficient (Wildman–Crippen LogP) is 4.49. The maximum Gasteiger partial charge on any atom is 0.337 e. The number of methoxy groups -OCH3 is 1. The van der Waals surface area contributed by atoms with Crippen molar-refractivity contribution in [3.63, 3.8) is 0 Å². The lowest BCUT2D eigenvalue weighted by molar-refractivity contribution is 0.0601. The zero-order chi connectivity index (χ0) is 18.9. The number of carbonyl (C=O) groups excluding carboxylic acids is 1. The van der Waals surface area contributed by atoms with Gasteiger partial charge in [-0.1, -0.05) is 29.8 Å². The van der Waals surface area contributed by atoms with Gasteiger partial charge in [-0.15, -0.1) is 0 Å². The third-order valence-electron chi connectivity index (χ3n) is 3.38. The fourth-order valence-electron chi connectivity index (χ4n) is 2.07. The fraction of sp³-hybridized carbons (Fsp3) is 0.222. The molecule has 0 aliphatic rings. The second-order valence-electron chi connectivity index (χ2n) is 5.21. The summed E-state index contributed by atoms with van der Waals surface area (Å²) in [4.78, 5) is 11.6.